The molecule has 0 saturated carbocycles. The van der Waals surface area contributed by atoms with E-state index in [0.29, 0.717) is 0 Å². The van der Waals surface area contributed by atoms with Gasteiger partial charge in [-0.1, -0.05) is 23.4 Å². The Labute approximate surface area is 127 Å². The van der Waals surface area contributed by atoms with Crippen molar-refractivity contribution in [3.05, 3.63) is 34.9 Å². The zero-order valence-corrected chi connectivity index (χ0v) is 13.4. The molecule has 3 heteroatoms. The van der Waals surface area contributed by atoms with E-state index in [1.807, 2.05) is 24.3 Å². The van der Waals surface area contributed by atoms with Crippen LogP contribution in [0.1, 0.15) is 26.3 Å². The van der Waals surface area contributed by atoms with E-state index in [1.165, 1.54) is 0 Å². The number of rotatable bonds is 1. The van der Waals surface area contributed by atoms with Gasteiger partial charge in [0.2, 0.25) is 0 Å². The molecule has 0 aromatic heterocycles. The second-order valence-electron chi connectivity index (χ2n) is 6.24. The van der Waals surface area contributed by atoms with E-state index < -0.39 is 0 Å². The summed E-state index contributed by atoms with van der Waals surface area (Å²) in [5, 5.41) is 0.758. The van der Waals surface area contributed by atoms with Gasteiger partial charge in [-0.2, -0.15) is 0 Å². The third kappa shape index (κ3) is 4.52. The second-order valence-corrected chi connectivity index (χ2v) is 6.68. The maximum atomic E-state index is 5.86. The lowest BCUT2D eigenvalue weighted by Crippen LogP contribution is -2.53. The molecule has 0 spiro atoms. The van der Waals surface area contributed by atoms with Gasteiger partial charge in [-0.3, -0.25) is 9.80 Å². The van der Waals surface area contributed by atoms with Crippen LogP contribution in [0.3, 0.4) is 0 Å². The number of hydrogen-bond acceptors (Lipinski definition) is 2. The summed E-state index contributed by atoms with van der Waals surface area (Å²) in [6.45, 7) is 12.2. The van der Waals surface area contributed by atoms with Gasteiger partial charge in [-0.25, -0.2) is 0 Å². The van der Waals surface area contributed by atoms with E-state index in [9.17, 15) is 0 Å². The zero-order valence-electron chi connectivity index (χ0n) is 12.6. The molecule has 1 aromatic rings. The van der Waals surface area contributed by atoms with Gasteiger partial charge < -0.3 is 0 Å². The molecular weight excluding hydrogens is 268 g/mol. The average molecular weight is 291 g/mol. The molecule has 1 aromatic carbocycles. The van der Waals surface area contributed by atoms with Gasteiger partial charge in [-0.05, 0) is 45.0 Å². The molecule has 0 N–H and O–H groups in total. The number of halogens is 1. The lowest BCUT2D eigenvalue weighted by atomic mass is 10.1. The number of nitrogens with zero attached hydrogens (tertiary/aromatic N) is 2. The Bertz CT molecular complexity index is 482. The summed E-state index contributed by atoms with van der Waals surface area (Å²) in [5.41, 5.74) is 1.31. The van der Waals surface area contributed by atoms with Crippen molar-refractivity contribution >= 4 is 11.6 Å². The lowest BCUT2D eigenvalue weighted by molar-refractivity contribution is 0.0683. The van der Waals surface area contributed by atoms with Crippen LogP contribution < -0.4 is 0 Å². The molecule has 1 aliphatic heterocycles. The van der Waals surface area contributed by atoms with Crippen molar-refractivity contribution < 1.29 is 0 Å². The molecule has 1 aliphatic rings. The van der Waals surface area contributed by atoms with E-state index in [2.05, 4.69) is 42.4 Å². The van der Waals surface area contributed by atoms with Gasteiger partial charge in [0, 0.05) is 42.3 Å². The van der Waals surface area contributed by atoms with E-state index in [1.54, 1.807) is 0 Å². The van der Waals surface area contributed by atoms with Gasteiger partial charge in [-0.15, -0.1) is 0 Å². The van der Waals surface area contributed by atoms with Crippen LogP contribution in [0.2, 0.25) is 5.02 Å². The number of piperazine rings is 1. The molecule has 0 radical (unpaired) electrons. The highest BCUT2D eigenvalue weighted by Gasteiger charge is 2.25. The van der Waals surface area contributed by atoms with Gasteiger partial charge in [0.15, 0.2) is 0 Å². The Kier molecular flexibility index (Phi) is 5.10. The first-order valence-electron chi connectivity index (χ1n) is 7.17. The van der Waals surface area contributed by atoms with Crippen LogP contribution in [0, 0.1) is 11.8 Å². The maximum absolute atomic E-state index is 5.86. The zero-order chi connectivity index (χ0) is 14.6. The summed E-state index contributed by atoms with van der Waals surface area (Å²) in [6.07, 6.45) is 0. The fraction of sp³-hybridized carbons (Fsp3) is 0.529. The largest absolute Gasteiger partial charge is 0.296 e. The first kappa shape index (κ1) is 15.4. The van der Waals surface area contributed by atoms with Crippen LogP contribution in [0.25, 0.3) is 0 Å². The molecule has 2 nitrogen and oxygen atoms in total. The van der Waals surface area contributed by atoms with Crippen LogP contribution in [0.5, 0.6) is 0 Å². The highest BCUT2D eigenvalue weighted by Crippen LogP contribution is 2.15. The monoisotopic (exact) mass is 290 g/mol. The number of hydrogen-bond donors (Lipinski definition) is 0. The molecule has 0 unspecified atom stereocenters. The van der Waals surface area contributed by atoms with E-state index in [0.717, 1.165) is 43.3 Å². The van der Waals surface area contributed by atoms with Crippen molar-refractivity contribution in [3.63, 3.8) is 0 Å². The normalized spacial score (nSPS) is 17.6. The third-order valence-electron chi connectivity index (χ3n) is 3.70. The minimum Gasteiger partial charge on any atom is -0.296 e. The molecule has 0 atom stereocenters. The fourth-order valence-corrected chi connectivity index (χ4v) is 2.49. The molecule has 0 amide bonds. The Morgan fingerprint density at radius 3 is 2.20 bits per heavy atom. The summed E-state index contributed by atoms with van der Waals surface area (Å²) < 4.78 is 0. The predicted octanol–water partition coefficient (Wildman–Crippen LogP) is 3.11. The van der Waals surface area contributed by atoms with Crippen molar-refractivity contribution in [1.29, 1.82) is 0 Å². The van der Waals surface area contributed by atoms with E-state index in [4.69, 9.17) is 11.6 Å². The molecule has 1 saturated heterocycles. The summed E-state index contributed by atoms with van der Waals surface area (Å²) >= 11 is 5.86. The first-order valence-corrected chi connectivity index (χ1v) is 7.55. The highest BCUT2D eigenvalue weighted by molar-refractivity contribution is 6.30. The van der Waals surface area contributed by atoms with E-state index in [-0.39, 0.29) is 5.54 Å². The molecule has 108 valence electrons. The highest BCUT2D eigenvalue weighted by atomic mass is 35.5. The van der Waals surface area contributed by atoms with Crippen LogP contribution in [0.15, 0.2) is 24.3 Å². The minimum atomic E-state index is 0.279. The number of benzene rings is 1. The maximum Gasteiger partial charge on any atom is 0.0606 e. The second kappa shape index (κ2) is 6.63. The summed E-state index contributed by atoms with van der Waals surface area (Å²) in [7, 11) is 0. The molecule has 1 fully saturated rings. The van der Waals surface area contributed by atoms with Gasteiger partial charge in [0.1, 0.15) is 0 Å². The Morgan fingerprint density at radius 1 is 1.05 bits per heavy atom. The van der Waals surface area contributed by atoms with Crippen molar-refractivity contribution in [2.45, 2.75) is 26.3 Å². The molecular formula is C17H23ClN2. The molecule has 0 aliphatic carbocycles. The van der Waals surface area contributed by atoms with Crippen LogP contribution in [-0.4, -0.2) is 48.1 Å². The molecule has 0 bridgehead atoms. The van der Waals surface area contributed by atoms with Crippen molar-refractivity contribution in [3.8, 4) is 11.8 Å². The Hall–Kier alpha value is -1.01. The third-order valence-corrected chi connectivity index (χ3v) is 3.95. The van der Waals surface area contributed by atoms with Crippen LogP contribution >= 0.6 is 11.6 Å². The smallest absolute Gasteiger partial charge is 0.0606 e. The predicted molar refractivity (Wildman–Crippen MR) is 86.1 cm³/mol. The summed E-state index contributed by atoms with van der Waals surface area (Å²) in [5.74, 6) is 6.46. The van der Waals surface area contributed by atoms with Crippen molar-refractivity contribution in [1.82, 2.24) is 9.80 Å². The van der Waals surface area contributed by atoms with Crippen LogP contribution in [-0.2, 0) is 0 Å². The van der Waals surface area contributed by atoms with Crippen molar-refractivity contribution in [2.24, 2.45) is 0 Å². The van der Waals surface area contributed by atoms with Gasteiger partial charge in [0.25, 0.3) is 0 Å². The lowest BCUT2D eigenvalue weighted by Gasteiger charge is -2.41. The fourth-order valence-electron chi connectivity index (χ4n) is 2.36. The molecule has 1 heterocycles. The Morgan fingerprint density at radius 2 is 1.65 bits per heavy atom. The SMILES string of the molecule is CC(C)(C)N1CCN(CC#Cc2ccc(Cl)cc2)CC1. The van der Waals surface area contributed by atoms with Gasteiger partial charge >= 0.3 is 0 Å². The first-order chi connectivity index (χ1) is 9.45. The average Bonchev–Trinajstić information content (AvgIpc) is 2.41. The molecule has 20 heavy (non-hydrogen) atoms. The Balaban J connectivity index is 1.81. The summed E-state index contributed by atoms with van der Waals surface area (Å²) in [6, 6.07) is 7.70. The topological polar surface area (TPSA) is 6.48 Å². The van der Waals surface area contributed by atoms with Crippen molar-refractivity contribution in [2.75, 3.05) is 32.7 Å². The quantitative estimate of drug-likeness (QED) is 0.733. The standard InChI is InChI=1S/C17H23ClN2/c1-17(2,3)20-13-11-19(12-14-20)10-4-5-15-6-8-16(18)9-7-15/h6-9H,10-14H2,1-3H3. The van der Waals surface area contributed by atoms with E-state index >= 15 is 0 Å². The van der Waals surface area contributed by atoms with Crippen LogP contribution in [0.4, 0.5) is 0 Å². The molecule has 2 rings (SSSR count). The van der Waals surface area contributed by atoms with Gasteiger partial charge in [0.05, 0.1) is 6.54 Å². The minimum absolute atomic E-state index is 0.279. The summed E-state index contributed by atoms with van der Waals surface area (Å²) in [4.78, 5) is 4.96.